The van der Waals surface area contributed by atoms with Gasteiger partial charge >= 0.3 is 0 Å². The highest BCUT2D eigenvalue weighted by Gasteiger charge is 2.17. The Morgan fingerprint density at radius 3 is 1.45 bits per heavy atom. The fourth-order valence-electron chi connectivity index (χ4n) is 3.01. The van der Waals surface area contributed by atoms with Crippen LogP contribution in [-0.2, 0) is 0 Å². The number of methoxy groups -OCH3 is 2. The molecule has 31 heavy (non-hydrogen) atoms. The van der Waals surface area contributed by atoms with Crippen LogP contribution in [0.2, 0.25) is 0 Å². The molecule has 3 aromatic carbocycles. The van der Waals surface area contributed by atoms with Crippen molar-refractivity contribution < 1.29 is 24.8 Å². The van der Waals surface area contributed by atoms with Gasteiger partial charge in [0.05, 0.1) is 25.3 Å². The minimum atomic E-state index is -0.0629. The maximum atomic E-state index is 10.5. The van der Waals surface area contributed by atoms with Gasteiger partial charge in [-0.25, -0.2) is 15.0 Å². The zero-order valence-corrected chi connectivity index (χ0v) is 16.8. The van der Waals surface area contributed by atoms with E-state index in [1.807, 2.05) is 0 Å². The van der Waals surface area contributed by atoms with Crippen molar-refractivity contribution in [3.8, 4) is 62.9 Å². The number of aromatic hydroxyl groups is 3. The van der Waals surface area contributed by atoms with Gasteiger partial charge in [0.25, 0.3) is 0 Å². The molecule has 0 radical (unpaired) electrons. The number of phenols is 3. The van der Waals surface area contributed by atoms with Crippen LogP contribution < -0.4 is 9.47 Å². The minimum Gasteiger partial charge on any atom is -0.508 e. The third kappa shape index (κ3) is 4.04. The van der Waals surface area contributed by atoms with Gasteiger partial charge in [-0.1, -0.05) is 0 Å². The van der Waals surface area contributed by atoms with E-state index in [-0.39, 0.29) is 28.9 Å². The monoisotopic (exact) mass is 417 g/mol. The predicted octanol–water partition coefficient (Wildman–Crippen LogP) is 4.01. The van der Waals surface area contributed by atoms with Crippen molar-refractivity contribution in [2.24, 2.45) is 0 Å². The number of rotatable bonds is 5. The van der Waals surface area contributed by atoms with E-state index in [9.17, 15) is 15.3 Å². The van der Waals surface area contributed by atoms with Gasteiger partial charge < -0.3 is 24.8 Å². The Bertz CT molecular complexity index is 1170. The Hall–Kier alpha value is -4.33. The summed E-state index contributed by atoms with van der Waals surface area (Å²) in [6.45, 7) is 0. The smallest absolute Gasteiger partial charge is 0.167 e. The Labute approximate surface area is 178 Å². The molecule has 0 aliphatic rings. The van der Waals surface area contributed by atoms with Gasteiger partial charge in [0, 0.05) is 17.7 Å². The van der Waals surface area contributed by atoms with E-state index in [0.29, 0.717) is 34.0 Å². The normalized spacial score (nSPS) is 10.6. The zero-order valence-electron chi connectivity index (χ0n) is 16.8. The summed E-state index contributed by atoms with van der Waals surface area (Å²) in [6, 6.07) is 16.0. The number of benzene rings is 3. The lowest BCUT2D eigenvalue weighted by atomic mass is 10.1. The largest absolute Gasteiger partial charge is 0.508 e. The van der Waals surface area contributed by atoms with Crippen molar-refractivity contribution in [1.82, 2.24) is 15.0 Å². The van der Waals surface area contributed by atoms with Gasteiger partial charge in [0.2, 0.25) is 0 Å². The fourth-order valence-corrected chi connectivity index (χ4v) is 3.01. The lowest BCUT2D eigenvalue weighted by molar-refractivity contribution is 0.408. The second-order valence-corrected chi connectivity index (χ2v) is 6.62. The van der Waals surface area contributed by atoms with Gasteiger partial charge in [-0.2, -0.15) is 0 Å². The second kappa shape index (κ2) is 8.19. The Morgan fingerprint density at radius 2 is 1.03 bits per heavy atom. The van der Waals surface area contributed by atoms with Crippen molar-refractivity contribution in [1.29, 1.82) is 0 Å². The summed E-state index contributed by atoms with van der Waals surface area (Å²) < 4.78 is 10.3. The minimum absolute atomic E-state index is 0.0629. The summed E-state index contributed by atoms with van der Waals surface area (Å²) in [7, 11) is 3.01. The van der Waals surface area contributed by atoms with Crippen molar-refractivity contribution in [2.75, 3.05) is 14.2 Å². The third-order valence-electron chi connectivity index (χ3n) is 4.65. The molecule has 8 nitrogen and oxygen atoms in total. The van der Waals surface area contributed by atoms with Crippen LogP contribution in [0, 0.1) is 0 Å². The first-order chi connectivity index (χ1) is 15.0. The van der Waals surface area contributed by atoms with Crippen molar-refractivity contribution in [2.45, 2.75) is 0 Å². The Morgan fingerprint density at radius 1 is 0.581 bits per heavy atom. The molecule has 4 rings (SSSR count). The molecule has 0 saturated heterocycles. The van der Waals surface area contributed by atoms with Crippen LogP contribution in [0.4, 0.5) is 0 Å². The predicted molar refractivity (Wildman–Crippen MR) is 114 cm³/mol. The maximum Gasteiger partial charge on any atom is 0.167 e. The van der Waals surface area contributed by atoms with Crippen LogP contribution in [-0.4, -0.2) is 44.5 Å². The maximum absolute atomic E-state index is 10.5. The average Bonchev–Trinajstić information content (AvgIpc) is 2.79. The van der Waals surface area contributed by atoms with Crippen LogP contribution in [0.25, 0.3) is 34.2 Å². The molecule has 3 N–H and O–H groups in total. The van der Waals surface area contributed by atoms with Crippen LogP contribution in [0.15, 0.2) is 60.7 Å². The molecule has 0 spiro atoms. The van der Waals surface area contributed by atoms with Gasteiger partial charge in [-0.05, 0) is 48.5 Å². The molecule has 0 aliphatic carbocycles. The lowest BCUT2D eigenvalue weighted by Crippen LogP contribution is -2.00. The number of phenolic OH excluding ortho intramolecular Hbond substituents is 3. The number of hydrogen-bond donors (Lipinski definition) is 3. The van der Waals surface area contributed by atoms with E-state index in [1.165, 1.54) is 38.5 Å². The van der Waals surface area contributed by atoms with Gasteiger partial charge in [0.15, 0.2) is 17.5 Å². The van der Waals surface area contributed by atoms with E-state index < -0.39 is 0 Å². The van der Waals surface area contributed by atoms with Gasteiger partial charge in [-0.3, -0.25) is 0 Å². The van der Waals surface area contributed by atoms with Crippen LogP contribution in [0.3, 0.4) is 0 Å². The summed E-state index contributed by atoms with van der Waals surface area (Å²) in [5, 5.41) is 30.6. The molecule has 156 valence electrons. The first kappa shape index (κ1) is 20.0. The number of nitrogens with zero attached hydrogens (tertiary/aromatic N) is 3. The molecular formula is C23H19N3O5. The highest BCUT2D eigenvalue weighted by molar-refractivity contribution is 5.72. The molecule has 1 aromatic heterocycles. The highest BCUT2D eigenvalue weighted by atomic mass is 16.5. The van der Waals surface area contributed by atoms with Crippen LogP contribution in [0.5, 0.6) is 28.7 Å². The number of ether oxygens (including phenoxy) is 2. The zero-order chi connectivity index (χ0) is 22.0. The highest BCUT2D eigenvalue weighted by Crippen LogP contribution is 2.35. The quantitative estimate of drug-likeness (QED) is 0.446. The molecule has 0 atom stereocenters. The number of aromatic nitrogens is 3. The molecule has 0 saturated carbocycles. The SMILES string of the molecule is COc1ccc(-c2nc(-c3ccc(O)cc3)nc(-c3ccc(OC)cc3O)n2)c(O)c1. The molecule has 0 fully saturated rings. The Balaban J connectivity index is 1.92. The van der Waals surface area contributed by atoms with Crippen LogP contribution in [0.1, 0.15) is 0 Å². The molecular weight excluding hydrogens is 398 g/mol. The summed E-state index contributed by atoms with van der Waals surface area (Å²) in [5.41, 5.74) is 1.37. The van der Waals surface area contributed by atoms with E-state index in [2.05, 4.69) is 15.0 Å². The molecule has 0 unspecified atom stereocenters. The molecule has 8 heteroatoms. The topological polar surface area (TPSA) is 118 Å². The molecule has 4 aromatic rings. The summed E-state index contributed by atoms with van der Waals surface area (Å²) in [4.78, 5) is 13.5. The van der Waals surface area contributed by atoms with Gasteiger partial charge in [-0.15, -0.1) is 0 Å². The van der Waals surface area contributed by atoms with Crippen LogP contribution >= 0.6 is 0 Å². The van der Waals surface area contributed by atoms with Crippen molar-refractivity contribution in [3.63, 3.8) is 0 Å². The molecule has 1 heterocycles. The number of hydrogen-bond acceptors (Lipinski definition) is 8. The average molecular weight is 417 g/mol. The molecule has 0 amide bonds. The summed E-state index contributed by atoms with van der Waals surface area (Å²) in [5.74, 6) is 1.69. The third-order valence-corrected chi connectivity index (χ3v) is 4.65. The first-order valence-corrected chi connectivity index (χ1v) is 9.28. The lowest BCUT2D eigenvalue weighted by Gasteiger charge is -2.11. The Kier molecular flexibility index (Phi) is 5.28. The summed E-state index contributed by atoms with van der Waals surface area (Å²) in [6.07, 6.45) is 0. The van der Waals surface area contributed by atoms with Gasteiger partial charge in [0.1, 0.15) is 28.7 Å². The standard InChI is InChI=1S/C23H19N3O5/c1-30-15-7-9-17(19(28)11-15)22-24-21(13-3-5-14(27)6-4-13)25-23(26-22)18-10-8-16(31-2)12-20(18)29/h3-12,27-29H,1-2H3. The van der Waals surface area contributed by atoms with E-state index >= 15 is 0 Å². The fraction of sp³-hybridized carbons (Fsp3) is 0.0870. The van der Waals surface area contributed by atoms with Crippen molar-refractivity contribution >= 4 is 0 Å². The molecule has 0 aliphatic heterocycles. The summed E-state index contributed by atoms with van der Waals surface area (Å²) >= 11 is 0. The first-order valence-electron chi connectivity index (χ1n) is 9.28. The van der Waals surface area contributed by atoms with E-state index in [1.54, 1.807) is 36.4 Å². The molecule has 0 bridgehead atoms. The van der Waals surface area contributed by atoms with E-state index in [0.717, 1.165) is 0 Å². The van der Waals surface area contributed by atoms with E-state index in [4.69, 9.17) is 9.47 Å². The second-order valence-electron chi connectivity index (χ2n) is 6.62. The van der Waals surface area contributed by atoms with Crippen molar-refractivity contribution in [3.05, 3.63) is 60.7 Å².